The highest BCUT2D eigenvalue weighted by atomic mass is 32.1. The van der Waals surface area contributed by atoms with Gasteiger partial charge in [-0.1, -0.05) is 59.7 Å². The van der Waals surface area contributed by atoms with Gasteiger partial charge in [-0.3, -0.25) is 19.3 Å². The molecule has 1 atom stereocenters. The lowest BCUT2D eigenvalue weighted by atomic mass is 9.84. The highest BCUT2D eigenvalue weighted by molar-refractivity contribution is 7.16. The SMILES string of the molecule is Cc1cccc(CN2C(=O)C3(c4ccccc42)c2c(oc4ccc(C)cc4c2=O)C(=O)N3c2nc(C)c(C)s2)c1. The number of aromatic nitrogens is 1. The number of rotatable bonds is 3. The van der Waals surface area contributed by atoms with Gasteiger partial charge in [-0.15, -0.1) is 11.3 Å². The Bertz CT molecular complexity index is 1950. The van der Waals surface area contributed by atoms with E-state index in [0.29, 0.717) is 27.4 Å². The first-order valence-corrected chi connectivity index (χ1v) is 13.9. The van der Waals surface area contributed by atoms with E-state index in [1.165, 1.54) is 16.2 Å². The van der Waals surface area contributed by atoms with E-state index in [1.807, 2.05) is 82.3 Å². The normalized spacial score (nSPS) is 17.8. The van der Waals surface area contributed by atoms with Gasteiger partial charge < -0.3 is 9.32 Å². The number of fused-ring (bicyclic) bond motifs is 5. The zero-order chi connectivity index (χ0) is 27.9. The van der Waals surface area contributed by atoms with Crippen LogP contribution in [-0.2, 0) is 16.9 Å². The number of hydrogen-bond donors (Lipinski definition) is 0. The summed E-state index contributed by atoms with van der Waals surface area (Å²) in [5.41, 5.74) is 3.08. The van der Waals surface area contributed by atoms with Crippen LogP contribution in [0.4, 0.5) is 10.8 Å². The van der Waals surface area contributed by atoms with Crippen LogP contribution in [0.3, 0.4) is 0 Å². The molecule has 7 nitrogen and oxygen atoms in total. The van der Waals surface area contributed by atoms with Gasteiger partial charge in [-0.2, -0.15) is 0 Å². The molecule has 0 N–H and O–H groups in total. The van der Waals surface area contributed by atoms with Crippen molar-refractivity contribution in [2.45, 2.75) is 39.8 Å². The second-order valence-corrected chi connectivity index (χ2v) is 11.7. The lowest BCUT2D eigenvalue weighted by Crippen LogP contribution is -2.53. The third-order valence-electron chi connectivity index (χ3n) is 7.91. The Morgan fingerprint density at radius 1 is 0.900 bits per heavy atom. The number of thiazole rings is 1. The molecular formula is C32H25N3O4S. The molecule has 2 amide bonds. The predicted octanol–water partition coefficient (Wildman–Crippen LogP) is 5.93. The first-order valence-electron chi connectivity index (χ1n) is 13.1. The fourth-order valence-corrected chi connectivity index (χ4v) is 6.94. The lowest BCUT2D eigenvalue weighted by Gasteiger charge is -2.32. The molecule has 0 saturated heterocycles. The molecule has 4 heterocycles. The van der Waals surface area contributed by atoms with Gasteiger partial charge in [-0.05, 0) is 51.5 Å². The van der Waals surface area contributed by atoms with Crippen LogP contribution in [0.25, 0.3) is 11.0 Å². The molecule has 40 heavy (non-hydrogen) atoms. The van der Waals surface area contributed by atoms with Crippen LogP contribution in [0, 0.1) is 27.7 Å². The standard InChI is InChI=1S/C32H25N3O4S/c1-17-8-7-9-21(14-17)16-34-24-11-6-5-10-23(24)32(30(34)38)26-27(36)22-15-18(2)12-13-25(22)39-28(26)29(37)35(32)31-33-19(3)20(4)40-31/h5-15H,16H2,1-4H3. The van der Waals surface area contributed by atoms with Gasteiger partial charge in [-0.25, -0.2) is 4.98 Å². The first-order chi connectivity index (χ1) is 19.2. The average molecular weight is 548 g/mol. The molecule has 0 fully saturated rings. The smallest absolute Gasteiger partial charge is 0.297 e. The molecule has 2 aliphatic rings. The fourth-order valence-electron chi connectivity index (χ4n) is 5.98. The van der Waals surface area contributed by atoms with E-state index >= 15 is 0 Å². The van der Waals surface area contributed by atoms with Crippen molar-refractivity contribution < 1.29 is 14.0 Å². The van der Waals surface area contributed by atoms with Gasteiger partial charge in [0.15, 0.2) is 16.1 Å². The van der Waals surface area contributed by atoms with E-state index in [0.717, 1.165) is 27.3 Å². The van der Waals surface area contributed by atoms with Gasteiger partial charge >= 0.3 is 0 Å². The molecule has 0 aliphatic carbocycles. The quantitative estimate of drug-likeness (QED) is 0.279. The summed E-state index contributed by atoms with van der Waals surface area (Å²) in [6.45, 7) is 7.96. The minimum atomic E-state index is -1.75. The van der Waals surface area contributed by atoms with E-state index in [-0.39, 0.29) is 29.2 Å². The zero-order valence-corrected chi connectivity index (χ0v) is 23.3. The van der Waals surface area contributed by atoms with Crippen molar-refractivity contribution in [1.29, 1.82) is 0 Å². The van der Waals surface area contributed by atoms with Gasteiger partial charge in [0.05, 0.1) is 28.9 Å². The van der Waals surface area contributed by atoms with Crippen molar-refractivity contribution in [3.8, 4) is 0 Å². The summed E-state index contributed by atoms with van der Waals surface area (Å²) in [7, 11) is 0. The number of carbonyl (C=O) groups is 2. The summed E-state index contributed by atoms with van der Waals surface area (Å²) < 4.78 is 6.18. The second kappa shape index (κ2) is 8.47. The number of carbonyl (C=O) groups excluding carboxylic acids is 2. The molecule has 2 aliphatic heterocycles. The number of aryl methyl sites for hydroxylation is 4. The van der Waals surface area contributed by atoms with Gasteiger partial charge in [0, 0.05) is 10.4 Å². The number of para-hydroxylation sites is 1. The molecule has 2 aromatic heterocycles. The third-order valence-corrected chi connectivity index (χ3v) is 8.97. The molecular weight excluding hydrogens is 522 g/mol. The van der Waals surface area contributed by atoms with Crippen molar-refractivity contribution in [2.75, 3.05) is 9.80 Å². The molecule has 198 valence electrons. The maximum atomic E-state index is 14.9. The Balaban J connectivity index is 1.57. The average Bonchev–Trinajstić information content (AvgIpc) is 3.48. The number of hydrogen-bond acceptors (Lipinski definition) is 6. The molecule has 0 saturated carbocycles. The fraction of sp³-hybridized carbons (Fsp3) is 0.188. The zero-order valence-electron chi connectivity index (χ0n) is 22.4. The van der Waals surface area contributed by atoms with Crippen LogP contribution in [-0.4, -0.2) is 16.8 Å². The second-order valence-electron chi connectivity index (χ2n) is 10.5. The molecule has 5 aromatic rings. The largest absolute Gasteiger partial charge is 0.450 e. The molecule has 1 spiro atoms. The van der Waals surface area contributed by atoms with E-state index < -0.39 is 11.4 Å². The maximum absolute atomic E-state index is 14.9. The molecule has 0 bridgehead atoms. The van der Waals surface area contributed by atoms with Crippen molar-refractivity contribution >= 4 is 44.9 Å². The Morgan fingerprint density at radius 2 is 1.68 bits per heavy atom. The van der Waals surface area contributed by atoms with Crippen LogP contribution in [0.1, 0.15) is 48.9 Å². The van der Waals surface area contributed by atoms with Gasteiger partial charge in [0.1, 0.15) is 5.58 Å². The van der Waals surface area contributed by atoms with Gasteiger partial charge in [0.2, 0.25) is 5.76 Å². The molecule has 0 radical (unpaired) electrons. The summed E-state index contributed by atoms with van der Waals surface area (Å²) in [6.07, 6.45) is 0. The van der Waals surface area contributed by atoms with Crippen molar-refractivity contribution in [2.24, 2.45) is 0 Å². The predicted molar refractivity (Wildman–Crippen MR) is 155 cm³/mol. The summed E-state index contributed by atoms with van der Waals surface area (Å²) in [6, 6.07) is 20.6. The monoisotopic (exact) mass is 547 g/mol. The molecule has 1 unspecified atom stereocenters. The Labute approximate surface area is 234 Å². The van der Waals surface area contributed by atoms with E-state index in [1.54, 1.807) is 17.0 Å². The number of nitrogens with zero attached hydrogens (tertiary/aromatic N) is 3. The molecule has 3 aromatic carbocycles. The van der Waals surface area contributed by atoms with Crippen molar-refractivity contribution in [3.63, 3.8) is 0 Å². The van der Waals surface area contributed by atoms with Gasteiger partial charge in [0.25, 0.3) is 11.8 Å². The minimum absolute atomic E-state index is 0.0466. The Kier molecular flexibility index (Phi) is 5.18. The highest BCUT2D eigenvalue weighted by Crippen LogP contribution is 2.54. The third kappa shape index (κ3) is 3.17. The topological polar surface area (TPSA) is 83.7 Å². The van der Waals surface area contributed by atoms with E-state index in [2.05, 4.69) is 0 Å². The number of anilines is 2. The lowest BCUT2D eigenvalue weighted by molar-refractivity contribution is -0.121. The molecule has 8 heteroatoms. The van der Waals surface area contributed by atoms with E-state index in [9.17, 15) is 14.4 Å². The van der Waals surface area contributed by atoms with Crippen molar-refractivity contribution in [3.05, 3.63) is 121 Å². The maximum Gasteiger partial charge on any atom is 0.297 e. The summed E-state index contributed by atoms with van der Waals surface area (Å²) in [5, 5.41) is 0.688. The summed E-state index contributed by atoms with van der Waals surface area (Å²) >= 11 is 1.32. The van der Waals surface area contributed by atoms with Crippen molar-refractivity contribution in [1.82, 2.24) is 4.98 Å². The Hall–Kier alpha value is -4.56. The summed E-state index contributed by atoms with van der Waals surface area (Å²) in [4.78, 5) is 52.3. The number of amides is 2. The van der Waals surface area contributed by atoms with Crippen LogP contribution < -0.4 is 15.2 Å². The van der Waals surface area contributed by atoms with Crippen LogP contribution >= 0.6 is 11.3 Å². The summed E-state index contributed by atoms with van der Waals surface area (Å²) in [5.74, 6) is -1.05. The number of benzene rings is 3. The van der Waals surface area contributed by atoms with Crippen LogP contribution in [0.15, 0.2) is 75.9 Å². The minimum Gasteiger partial charge on any atom is -0.450 e. The van der Waals surface area contributed by atoms with E-state index in [4.69, 9.17) is 9.40 Å². The Morgan fingerprint density at radius 3 is 2.42 bits per heavy atom. The highest BCUT2D eigenvalue weighted by Gasteiger charge is 2.66. The molecule has 7 rings (SSSR count). The van der Waals surface area contributed by atoms with Crippen LogP contribution in [0.2, 0.25) is 0 Å². The first kappa shape index (κ1) is 24.5. The van der Waals surface area contributed by atoms with Crippen LogP contribution in [0.5, 0.6) is 0 Å².